The minimum absolute atomic E-state index is 0.490. The fourth-order valence-electron chi connectivity index (χ4n) is 2.10. The number of tetrazole rings is 1. The molecule has 2 aliphatic carbocycles. The SMILES string of the molecule is c1c(CNC2CC2)nnn1Cc1nnnn1C1CC1. The van der Waals surface area contributed by atoms with E-state index >= 15 is 0 Å². The number of nitrogens with zero attached hydrogens (tertiary/aromatic N) is 7. The summed E-state index contributed by atoms with van der Waals surface area (Å²) in [6.07, 6.45) is 6.87. The smallest absolute Gasteiger partial charge is 0.173 e. The van der Waals surface area contributed by atoms with E-state index in [0.717, 1.165) is 18.1 Å². The predicted octanol–water partition coefficient (Wildman–Crippen LogP) is -0.100. The minimum atomic E-state index is 0.490. The Balaban J connectivity index is 1.42. The van der Waals surface area contributed by atoms with Crippen molar-refractivity contribution in [3.63, 3.8) is 0 Å². The molecule has 0 bridgehead atoms. The Morgan fingerprint density at radius 2 is 2.05 bits per heavy atom. The van der Waals surface area contributed by atoms with Crippen molar-refractivity contribution in [1.82, 2.24) is 40.5 Å². The summed E-state index contributed by atoms with van der Waals surface area (Å²) >= 11 is 0. The van der Waals surface area contributed by atoms with Crippen LogP contribution in [0.25, 0.3) is 0 Å². The second kappa shape index (κ2) is 4.37. The predicted molar refractivity (Wildman–Crippen MR) is 65.1 cm³/mol. The normalized spacial score (nSPS) is 18.9. The summed E-state index contributed by atoms with van der Waals surface area (Å²) in [4.78, 5) is 0. The van der Waals surface area contributed by atoms with Crippen LogP contribution in [0.4, 0.5) is 0 Å². The molecule has 100 valence electrons. The van der Waals surface area contributed by atoms with Crippen molar-refractivity contribution in [3.8, 4) is 0 Å². The third-order valence-corrected chi connectivity index (χ3v) is 3.49. The molecule has 0 aromatic carbocycles. The van der Waals surface area contributed by atoms with E-state index in [2.05, 4.69) is 31.2 Å². The molecule has 8 heteroatoms. The molecule has 1 N–H and O–H groups in total. The molecule has 2 aromatic rings. The molecule has 0 amide bonds. The zero-order valence-corrected chi connectivity index (χ0v) is 10.6. The molecule has 2 aliphatic rings. The third-order valence-electron chi connectivity index (χ3n) is 3.49. The van der Waals surface area contributed by atoms with Crippen LogP contribution in [0.3, 0.4) is 0 Å². The van der Waals surface area contributed by atoms with Gasteiger partial charge in [0.25, 0.3) is 0 Å². The molecule has 0 unspecified atom stereocenters. The van der Waals surface area contributed by atoms with Gasteiger partial charge in [-0.15, -0.1) is 10.2 Å². The average Bonchev–Trinajstić information content (AvgIpc) is 3.34. The van der Waals surface area contributed by atoms with Crippen LogP contribution in [0.1, 0.15) is 43.2 Å². The lowest BCUT2D eigenvalue weighted by Crippen LogP contribution is -2.15. The minimum Gasteiger partial charge on any atom is -0.308 e. The maximum absolute atomic E-state index is 4.16. The van der Waals surface area contributed by atoms with Crippen molar-refractivity contribution in [2.24, 2.45) is 0 Å². The van der Waals surface area contributed by atoms with Gasteiger partial charge in [0.2, 0.25) is 0 Å². The van der Waals surface area contributed by atoms with E-state index in [9.17, 15) is 0 Å². The molecule has 2 saturated carbocycles. The third kappa shape index (κ3) is 2.48. The summed E-state index contributed by atoms with van der Waals surface area (Å²) in [6, 6.07) is 1.18. The molecule has 2 aromatic heterocycles. The molecule has 19 heavy (non-hydrogen) atoms. The fraction of sp³-hybridized carbons (Fsp3) is 0.727. The van der Waals surface area contributed by atoms with Crippen LogP contribution < -0.4 is 5.32 Å². The molecule has 0 atom stereocenters. The van der Waals surface area contributed by atoms with Crippen LogP contribution in [0, 0.1) is 0 Å². The first-order valence-corrected chi connectivity index (χ1v) is 6.77. The van der Waals surface area contributed by atoms with Gasteiger partial charge < -0.3 is 5.32 Å². The van der Waals surface area contributed by atoms with E-state index in [1.165, 1.54) is 25.7 Å². The van der Waals surface area contributed by atoms with E-state index in [-0.39, 0.29) is 0 Å². The lowest BCUT2D eigenvalue weighted by Gasteiger charge is -2.01. The van der Waals surface area contributed by atoms with Gasteiger partial charge in [0.15, 0.2) is 5.82 Å². The summed E-state index contributed by atoms with van der Waals surface area (Å²) < 4.78 is 3.71. The molecule has 4 rings (SSSR count). The molecule has 0 radical (unpaired) electrons. The molecular weight excluding hydrogens is 244 g/mol. The van der Waals surface area contributed by atoms with Gasteiger partial charge in [-0.2, -0.15) is 0 Å². The first-order chi connectivity index (χ1) is 9.38. The fourth-order valence-corrected chi connectivity index (χ4v) is 2.10. The van der Waals surface area contributed by atoms with Crippen molar-refractivity contribution in [3.05, 3.63) is 17.7 Å². The number of nitrogens with one attached hydrogen (secondary N) is 1. The average molecular weight is 260 g/mol. The topological polar surface area (TPSA) is 86.3 Å². The summed E-state index contributed by atoms with van der Waals surface area (Å²) in [5, 5.41) is 23.5. The van der Waals surface area contributed by atoms with Crippen LogP contribution in [0.5, 0.6) is 0 Å². The highest BCUT2D eigenvalue weighted by molar-refractivity contribution is 4.97. The molecular formula is C11H16N8. The van der Waals surface area contributed by atoms with Gasteiger partial charge in [-0.25, -0.2) is 9.36 Å². The Labute approximate surface area is 110 Å². The largest absolute Gasteiger partial charge is 0.308 e. The van der Waals surface area contributed by atoms with Crippen molar-refractivity contribution < 1.29 is 0 Å². The summed E-state index contributed by atoms with van der Waals surface area (Å²) in [6.45, 7) is 1.37. The second-order valence-corrected chi connectivity index (χ2v) is 5.33. The number of hydrogen-bond acceptors (Lipinski definition) is 6. The van der Waals surface area contributed by atoms with Crippen LogP contribution in [0.2, 0.25) is 0 Å². The lowest BCUT2D eigenvalue weighted by molar-refractivity contribution is 0.543. The van der Waals surface area contributed by atoms with Crippen molar-refractivity contribution in [2.75, 3.05) is 0 Å². The van der Waals surface area contributed by atoms with E-state index in [1.54, 1.807) is 4.68 Å². The van der Waals surface area contributed by atoms with Gasteiger partial charge in [-0.1, -0.05) is 5.21 Å². The van der Waals surface area contributed by atoms with Gasteiger partial charge in [-0.05, 0) is 36.1 Å². The van der Waals surface area contributed by atoms with Crippen molar-refractivity contribution in [1.29, 1.82) is 0 Å². The van der Waals surface area contributed by atoms with Crippen LogP contribution in [-0.2, 0) is 13.1 Å². The zero-order valence-electron chi connectivity index (χ0n) is 10.6. The Kier molecular flexibility index (Phi) is 2.54. The second-order valence-electron chi connectivity index (χ2n) is 5.33. The quantitative estimate of drug-likeness (QED) is 0.780. The summed E-state index contributed by atoms with van der Waals surface area (Å²) in [5.74, 6) is 0.856. The standard InChI is InChI=1S/C11H16N8/c1-2-8(1)12-5-9-6-18(16-13-9)7-11-14-15-17-19(11)10-3-4-10/h6,8,10,12H,1-5,7H2. The highest BCUT2D eigenvalue weighted by Crippen LogP contribution is 2.34. The van der Waals surface area contributed by atoms with E-state index < -0.39 is 0 Å². The first kappa shape index (κ1) is 11.0. The Bertz CT molecular complexity index is 565. The van der Waals surface area contributed by atoms with E-state index in [0.29, 0.717) is 18.6 Å². The van der Waals surface area contributed by atoms with E-state index in [4.69, 9.17) is 0 Å². The van der Waals surface area contributed by atoms with Crippen molar-refractivity contribution >= 4 is 0 Å². The van der Waals surface area contributed by atoms with Gasteiger partial charge in [-0.3, -0.25) is 0 Å². The Morgan fingerprint density at radius 1 is 1.16 bits per heavy atom. The van der Waals surface area contributed by atoms with Crippen LogP contribution in [-0.4, -0.2) is 41.2 Å². The monoisotopic (exact) mass is 260 g/mol. The van der Waals surface area contributed by atoms with Gasteiger partial charge in [0.05, 0.1) is 17.9 Å². The lowest BCUT2D eigenvalue weighted by atomic mass is 10.4. The first-order valence-electron chi connectivity index (χ1n) is 6.77. The van der Waals surface area contributed by atoms with Gasteiger partial charge >= 0.3 is 0 Å². The molecule has 2 heterocycles. The van der Waals surface area contributed by atoms with Gasteiger partial charge in [0, 0.05) is 12.6 Å². The van der Waals surface area contributed by atoms with Gasteiger partial charge in [0.1, 0.15) is 6.54 Å². The zero-order chi connectivity index (χ0) is 12.7. The number of rotatable bonds is 6. The molecule has 2 fully saturated rings. The maximum Gasteiger partial charge on any atom is 0.173 e. The Morgan fingerprint density at radius 3 is 2.84 bits per heavy atom. The number of aromatic nitrogens is 7. The molecule has 0 spiro atoms. The van der Waals surface area contributed by atoms with Crippen molar-refractivity contribution in [2.45, 2.75) is 50.9 Å². The van der Waals surface area contributed by atoms with E-state index in [1.807, 2.05) is 10.9 Å². The van der Waals surface area contributed by atoms with Crippen LogP contribution >= 0.6 is 0 Å². The number of hydrogen-bond donors (Lipinski definition) is 1. The molecule has 8 nitrogen and oxygen atoms in total. The van der Waals surface area contributed by atoms with Crippen LogP contribution in [0.15, 0.2) is 6.20 Å². The maximum atomic E-state index is 4.16. The molecule has 0 saturated heterocycles. The molecule has 0 aliphatic heterocycles. The summed E-state index contributed by atoms with van der Waals surface area (Å²) in [7, 11) is 0. The highest BCUT2D eigenvalue weighted by Gasteiger charge is 2.27. The summed E-state index contributed by atoms with van der Waals surface area (Å²) in [5.41, 5.74) is 0.970. The Hall–Kier alpha value is -1.83. The highest BCUT2D eigenvalue weighted by atomic mass is 15.6.